The summed E-state index contributed by atoms with van der Waals surface area (Å²) in [6.45, 7) is 4.81. The Hall–Kier alpha value is -3.90. The Labute approximate surface area is 203 Å². The zero-order chi connectivity index (χ0) is 24.1. The molecule has 0 bridgehead atoms. The van der Waals surface area contributed by atoms with Crippen LogP contribution in [0.2, 0.25) is 5.02 Å². The van der Waals surface area contributed by atoms with Gasteiger partial charge in [0.1, 0.15) is 5.69 Å². The Morgan fingerprint density at radius 3 is 2.06 bits per heavy atom. The van der Waals surface area contributed by atoms with Crippen LogP contribution in [-0.2, 0) is 6.54 Å². The molecule has 1 aromatic heterocycles. The lowest BCUT2D eigenvalue weighted by Gasteiger charge is -2.08. The Morgan fingerprint density at radius 1 is 0.853 bits per heavy atom. The van der Waals surface area contributed by atoms with E-state index in [1.165, 1.54) is 5.56 Å². The molecule has 0 fully saturated rings. The lowest BCUT2D eigenvalue weighted by Crippen LogP contribution is -2.12. The number of anilines is 2. The number of hydrogen-bond donors (Lipinski definition) is 2. The fourth-order valence-electron chi connectivity index (χ4n) is 3.42. The smallest absolute Gasteiger partial charge is 0.275 e. The maximum Gasteiger partial charge on any atom is 0.275 e. The van der Waals surface area contributed by atoms with Crippen molar-refractivity contribution in [2.75, 3.05) is 10.6 Å². The van der Waals surface area contributed by atoms with Crippen molar-refractivity contribution in [1.82, 2.24) is 9.55 Å². The van der Waals surface area contributed by atoms with Crippen LogP contribution < -0.4 is 10.6 Å². The van der Waals surface area contributed by atoms with Crippen molar-refractivity contribution in [3.8, 4) is 0 Å². The molecule has 6 nitrogen and oxygen atoms in total. The predicted octanol–water partition coefficient (Wildman–Crippen LogP) is 6.21. The summed E-state index contributed by atoms with van der Waals surface area (Å²) in [5.41, 5.74) is 4.54. The summed E-state index contributed by atoms with van der Waals surface area (Å²) in [7, 11) is 0. The monoisotopic (exact) mass is 472 g/mol. The van der Waals surface area contributed by atoms with Crippen LogP contribution in [0.1, 0.15) is 51.7 Å². The van der Waals surface area contributed by atoms with Gasteiger partial charge in [-0.2, -0.15) is 0 Å². The fourth-order valence-corrected chi connectivity index (χ4v) is 3.55. The van der Waals surface area contributed by atoms with E-state index in [0.717, 1.165) is 11.3 Å². The van der Waals surface area contributed by atoms with E-state index in [4.69, 9.17) is 11.6 Å². The van der Waals surface area contributed by atoms with Crippen LogP contribution in [0.25, 0.3) is 0 Å². The Kier molecular flexibility index (Phi) is 7.09. The second-order valence-corrected chi connectivity index (χ2v) is 8.76. The number of carbonyl (C=O) groups is 2. The predicted molar refractivity (Wildman–Crippen MR) is 136 cm³/mol. The highest BCUT2D eigenvalue weighted by atomic mass is 35.5. The number of rotatable bonds is 7. The molecule has 0 saturated carbocycles. The van der Waals surface area contributed by atoms with Gasteiger partial charge in [0.15, 0.2) is 0 Å². The van der Waals surface area contributed by atoms with Crippen molar-refractivity contribution < 1.29 is 9.59 Å². The summed E-state index contributed by atoms with van der Waals surface area (Å²) >= 11 is 5.87. The van der Waals surface area contributed by atoms with Crippen LogP contribution in [0.5, 0.6) is 0 Å². The molecule has 34 heavy (non-hydrogen) atoms. The number of halogens is 1. The van der Waals surface area contributed by atoms with Gasteiger partial charge < -0.3 is 15.2 Å². The van der Waals surface area contributed by atoms with Crippen molar-refractivity contribution in [1.29, 1.82) is 0 Å². The first-order valence-electron chi connectivity index (χ1n) is 11.0. The molecule has 0 aliphatic carbocycles. The van der Waals surface area contributed by atoms with Gasteiger partial charge in [0.05, 0.1) is 6.33 Å². The Bertz CT molecular complexity index is 1280. The van der Waals surface area contributed by atoms with Crippen molar-refractivity contribution in [3.63, 3.8) is 0 Å². The number of benzene rings is 3. The van der Waals surface area contributed by atoms with Gasteiger partial charge in [0.2, 0.25) is 0 Å². The van der Waals surface area contributed by atoms with Crippen molar-refractivity contribution >= 4 is 34.8 Å². The average molecular weight is 473 g/mol. The highest BCUT2D eigenvalue weighted by Gasteiger charge is 2.11. The normalized spacial score (nSPS) is 10.8. The topological polar surface area (TPSA) is 76.0 Å². The average Bonchev–Trinajstić information content (AvgIpc) is 3.30. The highest BCUT2D eigenvalue weighted by Crippen LogP contribution is 2.18. The van der Waals surface area contributed by atoms with Gasteiger partial charge in [-0.15, -0.1) is 0 Å². The van der Waals surface area contributed by atoms with E-state index >= 15 is 0 Å². The number of nitrogens with one attached hydrogen (secondary N) is 2. The van der Waals surface area contributed by atoms with Crippen molar-refractivity contribution in [3.05, 3.63) is 113 Å². The van der Waals surface area contributed by atoms with Gasteiger partial charge in [0, 0.05) is 34.7 Å². The summed E-state index contributed by atoms with van der Waals surface area (Å²) in [6.07, 6.45) is 3.35. The van der Waals surface area contributed by atoms with E-state index in [9.17, 15) is 9.59 Å². The molecule has 0 atom stereocenters. The molecule has 2 N–H and O–H groups in total. The second-order valence-electron chi connectivity index (χ2n) is 8.32. The lowest BCUT2D eigenvalue weighted by atomic mass is 10.0. The maximum atomic E-state index is 12.5. The molecule has 0 radical (unpaired) electrons. The Morgan fingerprint density at radius 2 is 1.44 bits per heavy atom. The first-order valence-corrected chi connectivity index (χ1v) is 11.3. The van der Waals surface area contributed by atoms with Gasteiger partial charge in [0.25, 0.3) is 11.8 Å². The van der Waals surface area contributed by atoms with E-state index in [-0.39, 0.29) is 11.8 Å². The molecule has 172 valence electrons. The molecular formula is C27H25ClN4O2. The molecule has 0 aliphatic heterocycles. The SMILES string of the molecule is CC(C)c1ccc(NC(=O)c2cn(Cc3ccc(NC(=O)c4ccc(Cl)cc4)cc3)cn2)cc1. The van der Waals surface area contributed by atoms with E-state index in [1.54, 1.807) is 36.8 Å². The summed E-state index contributed by atoms with van der Waals surface area (Å²) in [4.78, 5) is 29.1. The molecule has 4 rings (SSSR count). The van der Waals surface area contributed by atoms with Crippen LogP contribution in [0, 0.1) is 0 Å². The first-order chi connectivity index (χ1) is 16.4. The highest BCUT2D eigenvalue weighted by molar-refractivity contribution is 6.30. The zero-order valence-corrected chi connectivity index (χ0v) is 19.7. The molecule has 1 heterocycles. The number of nitrogens with zero attached hydrogens (tertiary/aromatic N) is 2. The van der Waals surface area contributed by atoms with Crippen LogP contribution in [-0.4, -0.2) is 21.4 Å². The molecular weight excluding hydrogens is 448 g/mol. The number of amides is 2. The van der Waals surface area contributed by atoms with E-state index in [2.05, 4.69) is 29.5 Å². The minimum Gasteiger partial charge on any atom is -0.332 e. The number of carbonyl (C=O) groups excluding carboxylic acids is 2. The summed E-state index contributed by atoms with van der Waals surface area (Å²) in [6, 6.07) is 22.1. The zero-order valence-electron chi connectivity index (χ0n) is 19.0. The number of imidazole rings is 1. The van der Waals surface area contributed by atoms with Crippen LogP contribution in [0.3, 0.4) is 0 Å². The number of aromatic nitrogens is 2. The third-order valence-corrected chi connectivity index (χ3v) is 5.64. The van der Waals surface area contributed by atoms with Crippen LogP contribution in [0.15, 0.2) is 85.3 Å². The van der Waals surface area contributed by atoms with Crippen molar-refractivity contribution in [2.24, 2.45) is 0 Å². The van der Waals surface area contributed by atoms with E-state index < -0.39 is 0 Å². The quantitative estimate of drug-likeness (QED) is 0.335. The molecule has 0 spiro atoms. The molecule has 0 unspecified atom stereocenters. The molecule has 0 saturated heterocycles. The van der Waals surface area contributed by atoms with Gasteiger partial charge in [-0.1, -0.05) is 49.7 Å². The molecule has 3 aromatic carbocycles. The molecule has 0 aliphatic rings. The Balaban J connectivity index is 1.33. The second kappa shape index (κ2) is 10.4. The third-order valence-electron chi connectivity index (χ3n) is 5.38. The number of hydrogen-bond acceptors (Lipinski definition) is 3. The molecule has 7 heteroatoms. The summed E-state index contributed by atoms with van der Waals surface area (Å²) in [5, 5.41) is 6.33. The maximum absolute atomic E-state index is 12.5. The summed E-state index contributed by atoms with van der Waals surface area (Å²) < 4.78 is 1.85. The standard InChI is InChI=1S/C27H25ClN4O2/c1-18(2)20-7-13-24(14-8-20)31-27(34)25-16-32(17-29-25)15-19-3-11-23(12-4-19)30-26(33)21-5-9-22(28)10-6-21/h3-14,16-18H,15H2,1-2H3,(H,30,33)(H,31,34). The third kappa shape index (κ3) is 5.91. The largest absolute Gasteiger partial charge is 0.332 e. The van der Waals surface area contributed by atoms with Crippen molar-refractivity contribution in [2.45, 2.75) is 26.3 Å². The van der Waals surface area contributed by atoms with Gasteiger partial charge in [-0.05, 0) is 65.6 Å². The molecule has 4 aromatic rings. The first kappa shape index (κ1) is 23.3. The minimum absolute atomic E-state index is 0.200. The molecule has 2 amide bonds. The summed E-state index contributed by atoms with van der Waals surface area (Å²) in [5.74, 6) is -0.0147. The van der Waals surface area contributed by atoms with Crippen LogP contribution in [0.4, 0.5) is 11.4 Å². The fraction of sp³-hybridized carbons (Fsp3) is 0.148. The minimum atomic E-state index is -0.253. The van der Waals surface area contributed by atoms with E-state index in [1.807, 2.05) is 53.1 Å². The van der Waals surface area contributed by atoms with Gasteiger partial charge in [-0.3, -0.25) is 9.59 Å². The van der Waals surface area contributed by atoms with Gasteiger partial charge in [-0.25, -0.2) is 4.98 Å². The lowest BCUT2D eigenvalue weighted by molar-refractivity contribution is 0.101. The van der Waals surface area contributed by atoms with Gasteiger partial charge >= 0.3 is 0 Å². The van der Waals surface area contributed by atoms with Crippen LogP contribution >= 0.6 is 11.6 Å². The van der Waals surface area contributed by atoms with E-state index in [0.29, 0.717) is 34.4 Å².